The van der Waals surface area contributed by atoms with E-state index in [2.05, 4.69) is 26.8 Å². The van der Waals surface area contributed by atoms with Crippen LogP contribution in [0.2, 0.25) is 0 Å². The normalized spacial score (nSPS) is 16.6. The average Bonchev–Trinajstić information content (AvgIpc) is 3.55. The third kappa shape index (κ3) is 3.60. The van der Waals surface area contributed by atoms with E-state index in [4.69, 9.17) is 9.97 Å². The van der Waals surface area contributed by atoms with Crippen LogP contribution in [0.5, 0.6) is 0 Å². The Labute approximate surface area is 200 Å². The van der Waals surface area contributed by atoms with Crippen LogP contribution in [-0.2, 0) is 11.3 Å². The largest absolute Gasteiger partial charge is 0.358 e. The van der Waals surface area contributed by atoms with Gasteiger partial charge in [0.25, 0.3) is 0 Å². The summed E-state index contributed by atoms with van der Waals surface area (Å²) in [6.07, 6.45) is 3.42. The maximum atomic E-state index is 13.2. The van der Waals surface area contributed by atoms with Crippen molar-refractivity contribution in [3.05, 3.63) is 53.9 Å². The van der Waals surface area contributed by atoms with Crippen molar-refractivity contribution in [2.24, 2.45) is 0 Å². The first kappa shape index (κ1) is 20.8. The number of para-hydroxylation sites is 2. The molecule has 1 fully saturated rings. The second kappa shape index (κ2) is 8.21. The highest BCUT2D eigenvalue weighted by molar-refractivity contribution is 7.16. The number of benzene rings is 1. The van der Waals surface area contributed by atoms with Crippen molar-refractivity contribution >= 4 is 44.4 Å². The molecule has 0 radical (unpaired) electrons. The van der Waals surface area contributed by atoms with Gasteiger partial charge in [0.15, 0.2) is 11.5 Å². The summed E-state index contributed by atoms with van der Waals surface area (Å²) in [6, 6.07) is 11.8. The van der Waals surface area contributed by atoms with Crippen LogP contribution in [0.4, 0.5) is 5.00 Å². The van der Waals surface area contributed by atoms with Gasteiger partial charge in [-0.25, -0.2) is 19.9 Å². The van der Waals surface area contributed by atoms with E-state index in [9.17, 15) is 4.79 Å². The monoisotopic (exact) mass is 472 g/mol. The van der Waals surface area contributed by atoms with Crippen LogP contribution in [-0.4, -0.2) is 66.0 Å². The van der Waals surface area contributed by atoms with Crippen molar-refractivity contribution < 1.29 is 4.79 Å². The summed E-state index contributed by atoms with van der Waals surface area (Å²) in [7, 11) is 0. The average molecular weight is 473 g/mol. The number of piperazine rings is 1. The van der Waals surface area contributed by atoms with Gasteiger partial charge in [0.1, 0.15) is 22.8 Å². The number of aryl methyl sites for hydroxylation is 1. The van der Waals surface area contributed by atoms with Crippen LogP contribution in [0.1, 0.15) is 11.9 Å². The van der Waals surface area contributed by atoms with Crippen molar-refractivity contribution in [2.75, 3.05) is 24.5 Å². The number of pyridine rings is 1. The first-order valence-electron chi connectivity index (χ1n) is 11.3. The number of imidazole rings is 2. The highest BCUT2D eigenvalue weighted by atomic mass is 32.1. The zero-order chi connectivity index (χ0) is 23.2. The molecule has 5 heterocycles. The van der Waals surface area contributed by atoms with Crippen LogP contribution < -0.4 is 4.90 Å². The van der Waals surface area contributed by atoms with Gasteiger partial charge in [0.05, 0.1) is 22.4 Å². The molecule has 1 aliphatic heterocycles. The number of anilines is 1. The van der Waals surface area contributed by atoms with E-state index in [0.29, 0.717) is 6.54 Å². The van der Waals surface area contributed by atoms with Crippen LogP contribution >= 0.6 is 11.3 Å². The van der Waals surface area contributed by atoms with Crippen molar-refractivity contribution in [3.8, 4) is 11.5 Å². The quantitative estimate of drug-likeness (QED) is 0.430. The number of amides is 1. The molecule has 4 aromatic heterocycles. The van der Waals surface area contributed by atoms with Crippen molar-refractivity contribution in [2.45, 2.75) is 26.4 Å². The Bertz CT molecular complexity index is 1470. The molecule has 9 nitrogen and oxygen atoms in total. The van der Waals surface area contributed by atoms with E-state index in [1.54, 1.807) is 23.9 Å². The van der Waals surface area contributed by atoms with Gasteiger partial charge in [-0.2, -0.15) is 0 Å². The number of carbonyl (C=O) groups is 1. The maximum absolute atomic E-state index is 13.2. The summed E-state index contributed by atoms with van der Waals surface area (Å²) >= 11 is 1.67. The highest BCUT2D eigenvalue weighted by Crippen LogP contribution is 2.36. The lowest BCUT2D eigenvalue weighted by molar-refractivity contribution is -0.134. The first-order valence-corrected chi connectivity index (χ1v) is 12.1. The molecule has 0 saturated carbocycles. The van der Waals surface area contributed by atoms with Crippen LogP contribution in [0.3, 0.4) is 0 Å². The third-order valence-corrected chi connectivity index (χ3v) is 7.28. The Kier molecular flexibility index (Phi) is 5.02. The van der Waals surface area contributed by atoms with Gasteiger partial charge < -0.3 is 19.4 Å². The molecule has 10 heteroatoms. The molecule has 0 aliphatic carbocycles. The van der Waals surface area contributed by atoms with Crippen LogP contribution in [0.25, 0.3) is 33.7 Å². The summed E-state index contributed by atoms with van der Waals surface area (Å²) < 4.78 is 1.82. The molecule has 172 valence electrons. The lowest BCUT2D eigenvalue weighted by Gasteiger charge is -2.40. The fraction of sp³-hybridized carbons (Fsp3) is 0.292. The van der Waals surface area contributed by atoms with Gasteiger partial charge in [0.2, 0.25) is 5.91 Å². The molecule has 1 atom stereocenters. The summed E-state index contributed by atoms with van der Waals surface area (Å²) in [6.45, 7) is 6.49. The fourth-order valence-corrected chi connectivity index (χ4v) is 5.56. The zero-order valence-corrected chi connectivity index (χ0v) is 19.8. The summed E-state index contributed by atoms with van der Waals surface area (Å²) in [5.74, 6) is 0.862. The Morgan fingerprint density at radius 2 is 1.97 bits per heavy atom. The third-order valence-electron chi connectivity index (χ3n) is 6.24. The molecule has 1 amide bonds. The van der Waals surface area contributed by atoms with Gasteiger partial charge in [-0.15, -0.1) is 11.3 Å². The number of aromatic nitrogens is 6. The van der Waals surface area contributed by atoms with Crippen molar-refractivity contribution in [3.63, 3.8) is 0 Å². The fourth-order valence-electron chi connectivity index (χ4n) is 4.61. The van der Waals surface area contributed by atoms with Crippen LogP contribution in [0.15, 0.2) is 48.9 Å². The number of thiazole rings is 1. The van der Waals surface area contributed by atoms with Crippen molar-refractivity contribution in [1.29, 1.82) is 0 Å². The van der Waals surface area contributed by atoms with E-state index in [1.165, 1.54) is 0 Å². The predicted molar refractivity (Wildman–Crippen MR) is 133 cm³/mol. The molecule has 1 aliphatic rings. The molecule has 1 aromatic carbocycles. The smallest absolute Gasteiger partial charge is 0.242 e. The second-order valence-electron chi connectivity index (χ2n) is 8.59. The topological polar surface area (TPSA) is 95.8 Å². The number of aromatic amines is 1. The van der Waals surface area contributed by atoms with E-state index >= 15 is 0 Å². The number of fused-ring (bicyclic) bond motifs is 2. The van der Waals surface area contributed by atoms with E-state index in [0.717, 1.165) is 56.8 Å². The Morgan fingerprint density at radius 1 is 1.12 bits per heavy atom. The minimum absolute atomic E-state index is 0.0647. The number of nitrogens with one attached hydrogen (secondary N) is 1. The van der Waals surface area contributed by atoms with Crippen LogP contribution in [0, 0.1) is 6.92 Å². The van der Waals surface area contributed by atoms with Gasteiger partial charge >= 0.3 is 0 Å². The summed E-state index contributed by atoms with van der Waals surface area (Å²) in [4.78, 5) is 39.1. The Hall–Kier alpha value is -3.79. The van der Waals surface area contributed by atoms with E-state index in [1.807, 2.05) is 52.8 Å². The van der Waals surface area contributed by atoms with Gasteiger partial charge in [-0.05, 0) is 38.1 Å². The lowest BCUT2D eigenvalue weighted by atomic mass is 10.2. The molecule has 34 heavy (non-hydrogen) atoms. The van der Waals surface area contributed by atoms with Gasteiger partial charge in [-0.3, -0.25) is 4.79 Å². The SMILES string of the molecule is Cc1nc(-c2nc3ccccc3[nH]2)c(N2CCN(C(=O)Cn3cnc4cccnc43)C(C)C2)s1. The minimum atomic E-state index is 0.0647. The number of H-pyrrole nitrogens is 1. The molecule has 1 N–H and O–H groups in total. The molecule has 0 bridgehead atoms. The molecular formula is C24H24N8OS. The molecule has 6 rings (SSSR count). The standard InChI is InChI=1S/C24H24N8OS/c1-15-12-30(10-11-32(15)20(33)13-31-14-26-19-8-5-9-25-23(19)31)24-21(27-16(2)34-24)22-28-17-6-3-4-7-18(17)29-22/h3-9,14-15H,10-13H2,1-2H3,(H,28,29). The molecule has 1 saturated heterocycles. The van der Waals surface area contributed by atoms with E-state index < -0.39 is 0 Å². The van der Waals surface area contributed by atoms with E-state index in [-0.39, 0.29) is 18.5 Å². The number of hydrogen-bond donors (Lipinski definition) is 1. The second-order valence-corrected chi connectivity index (χ2v) is 9.77. The van der Waals surface area contributed by atoms with Gasteiger partial charge in [-0.1, -0.05) is 12.1 Å². The Balaban J connectivity index is 1.21. The maximum Gasteiger partial charge on any atom is 0.242 e. The molecule has 1 unspecified atom stereocenters. The minimum Gasteiger partial charge on any atom is -0.358 e. The number of carbonyl (C=O) groups excluding carboxylic acids is 1. The molecular weight excluding hydrogens is 448 g/mol. The summed E-state index contributed by atoms with van der Waals surface area (Å²) in [5.41, 5.74) is 4.34. The number of nitrogens with zero attached hydrogens (tertiary/aromatic N) is 7. The Morgan fingerprint density at radius 3 is 2.82 bits per heavy atom. The zero-order valence-electron chi connectivity index (χ0n) is 19.0. The predicted octanol–water partition coefficient (Wildman–Crippen LogP) is 3.48. The highest BCUT2D eigenvalue weighted by Gasteiger charge is 2.30. The number of rotatable bonds is 4. The number of hydrogen-bond acceptors (Lipinski definition) is 7. The molecule has 5 aromatic rings. The summed E-state index contributed by atoms with van der Waals surface area (Å²) in [5, 5.41) is 2.09. The molecule has 0 spiro atoms. The lowest BCUT2D eigenvalue weighted by Crippen LogP contribution is -2.54. The van der Waals surface area contributed by atoms with Gasteiger partial charge in [0, 0.05) is 31.9 Å². The van der Waals surface area contributed by atoms with Crippen molar-refractivity contribution in [1.82, 2.24) is 34.4 Å². The first-order chi connectivity index (χ1) is 16.6.